The molecular weight excluding hydrogens is 290 g/mol. The summed E-state index contributed by atoms with van der Waals surface area (Å²) in [4.78, 5) is 19.5. The van der Waals surface area contributed by atoms with Gasteiger partial charge >= 0.3 is 0 Å². The zero-order valence-corrected chi connectivity index (χ0v) is 13.6. The maximum atomic E-state index is 12.4. The summed E-state index contributed by atoms with van der Waals surface area (Å²) in [6.45, 7) is 4.43. The Morgan fingerprint density at radius 2 is 2.17 bits per heavy atom. The fourth-order valence-corrected chi connectivity index (χ4v) is 3.92. The van der Waals surface area contributed by atoms with E-state index in [1.54, 1.807) is 10.5 Å². The highest BCUT2D eigenvalue weighted by molar-refractivity contribution is 5.39. The van der Waals surface area contributed by atoms with Crippen molar-refractivity contribution in [3.05, 3.63) is 46.0 Å². The number of hydrogen-bond acceptors (Lipinski definition) is 4. The van der Waals surface area contributed by atoms with E-state index in [4.69, 9.17) is 4.74 Å². The number of aryl methyl sites for hydroxylation is 1. The normalized spacial score (nSPS) is 25.4. The topological polar surface area (TPSA) is 46.8 Å². The smallest absolute Gasteiger partial charge is 0.258 e. The van der Waals surface area contributed by atoms with E-state index in [2.05, 4.69) is 9.88 Å². The van der Waals surface area contributed by atoms with Gasteiger partial charge in [0.2, 0.25) is 0 Å². The molecule has 23 heavy (non-hydrogen) atoms. The molecular formula is C18H23N3O2. The van der Waals surface area contributed by atoms with Crippen molar-refractivity contribution in [1.29, 1.82) is 0 Å². The average molecular weight is 313 g/mol. The van der Waals surface area contributed by atoms with Crippen LogP contribution in [-0.2, 0) is 11.3 Å². The number of rotatable bonds is 2. The fourth-order valence-electron chi connectivity index (χ4n) is 3.92. The summed E-state index contributed by atoms with van der Waals surface area (Å²) in [7, 11) is 0. The van der Waals surface area contributed by atoms with E-state index in [1.807, 2.05) is 25.3 Å². The molecule has 2 aliphatic rings. The number of morpholine rings is 1. The van der Waals surface area contributed by atoms with Crippen LogP contribution in [-0.4, -0.2) is 39.6 Å². The summed E-state index contributed by atoms with van der Waals surface area (Å²) in [5, 5.41) is 0. The van der Waals surface area contributed by atoms with Crippen molar-refractivity contribution in [2.24, 2.45) is 0 Å². The quantitative estimate of drug-likeness (QED) is 0.852. The van der Waals surface area contributed by atoms with Gasteiger partial charge in [0.15, 0.2) is 0 Å². The molecule has 5 nitrogen and oxygen atoms in total. The van der Waals surface area contributed by atoms with E-state index >= 15 is 0 Å². The highest BCUT2D eigenvalue weighted by atomic mass is 16.5. The van der Waals surface area contributed by atoms with Crippen LogP contribution in [0.15, 0.2) is 29.2 Å². The van der Waals surface area contributed by atoms with Crippen LogP contribution in [0.4, 0.5) is 0 Å². The molecule has 1 saturated heterocycles. The zero-order valence-electron chi connectivity index (χ0n) is 13.6. The summed E-state index contributed by atoms with van der Waals surface area (Å²) in [5.41, 5.74) is 2.66. The van der Waals surface area contributed by atoms with Gasteiger partial charge in [-0.15, -0.1) is 0 Å². The predicted molar refractivity (Wildman–Crippen MR) is 88.6 cm³/mol. The fraction of sp³-hybridized carbons (Fsp3) is 0.556. The molecule has 122 valence electrons. The van der Waals surface area contributed by atoms with Gasteiger partial charge in [-0.2, -0.15) is 0 Å². The van der Waals surface area contributed by atoms with Gasteiger partial charge in [-0.3, -0.25) is 14.1 Å². The molecule has 5 heteroatoms. The van der Waals surface area contributed by atoms with Crippen LogP contribution in [0.25, 0.3) is 5.65 Å². The predicted octanol–water partition coefficient (Wildman–Crippen LogP) is 2.15. The van der Waals surface area contributed by atoms with Crippen molar-refractivity contribution < 1.29 is 4.74 Å². The average Bonchev–Trinajstić information content (AvgIpc) is 2.56. The van der Waals surface area contributed by atoms with Crippen molar-refractivity contribution in [3.63, 3.8) is 0 Å². The first-order chi connectivity index (χ1) is 11.2. The van der Waals surface area contributed by atoms with Crippen molar-refractivity contribution in [2.75, 3.05) is 13.2 Å². The van der Waals surface area contributed by atoms with Crippen molar-refractivity contribution >= 4 is 5.65 Å². The minimum Gasteiger partial charge on any atom is -0.375 e. The Morgan fingerprint density at radius 3 is 3.09 bits per heavy atom. The lowest BCUT2D eigenvalue weighted by Crippen LogP contribution is -2.52. The molecule has 2 unspecified atom stereocenters. The summed E-state index contributed by atoms with van der Waals surface area (Å²) < 4.78 is 7.56. The van der Waals surface area contributed by atoms with Gasteiger partial charge in [-0.1, -0.05) is 18.9 Å². The third-order valence-electron chi connectivity index (χ3n) is 5.07. The maximum Gasteiger partial charge on any atom is 0.258 e. The second-order valence-electron chi connectivity index (χ2n) is 6.75. The lowest BCUT2D eigenvalue weighted by molar-refractivity contribution is -0.0914. The summed E-state index contributed by atoms with van der Waals surface area (Å²) in [6, 6.07) is 6.08. The third-order valence-corrected chi connectivity index (χ3v) is 5.07. The largest absolute Gasteiger partial charge is 0.375 e. The highest BCUT2D eigenvalue weighted by Gasteiger charge is 2.34. The number of ether oxygens (including phenoxy) is 1. The SMILES string of the molecule is Cc1ccc2nc(CN3CCOC4CCCCC43)cc(=O)n2c1. The first kappa shape index (κ1) is 14.8. The highest BCUT2D eigenvalue weighted by Crippen LogP contribution is 2.29. The van der Waals surface area contributed by atoms with Gasteiger partial charge in [-0.25, -0.2) is 4.98 Å². The molecule has 0 N–H and O–H groups in total. The Kier molecular flexibility index (Phi) is 3.91. The third kappa shape index (κ3) is 2.91. The van der Waals surface area contributed by atoms with E-state index in [0.29, 0.717) is 12.1 Å². The van der Waals surface area contributed by atoms with Crippen LogP contribution in [0.1, 0.15) is 36.9 Å². The van der Waals surface area contributed by atoms with Gasteiger partial charge in [0.1, 0.15) is 5.65 Å². The monoisotopic (exact) mass is 313 g/mol. The number of hydrogen-bond donors (Lipinski definition) is 0. The van der Waals surface area contributed by atoms with Gasteiger partial charge in [0.25, 0.3) is 5.56 Å². The van der Waals surface area contributed by atoms with Gasteiger partial charge in [0, 0.05) is 31.4 Å². The first-order valence-corrected chi connectivity index (χ1v) is 8.55. The number of pyridine rings is 1. The van der Waals surface area contributed by atoms with E-state index in [1.165, 1.54) is 19.3 Å². The minimum atomic E-state index is 0.00199. The van der Waals surface area contributed by atoms with E-state index in [-0.39, 0.29) is 5.56 Å². The van der Waals surface area contributed by atoms with Gasteiger partial charge in [-0.05, 0) is 31.4 Å². The molecule has 0 amide bonds. The Hall–Kier alpha value is -1.72. The molecule has 2 aromatic rings. The van der Waals surface area contributed by atoms with Crippen LogP contribution in [0.3, 0.4) is 0 Å². The summed E-state index contributed by atoms with van der Waals surface area (Å²) in [6.07, 6.45) is 7.10. The van der Waals surface area contributed by atoms with Crippen molar-refractivity contribution in [2.45, 2.75) is 51.3 Å². The maximum absolute atomic E-state index is 12.4. The second kappa shape index (κ2) is 6.06. The van der Waals surface area contributed by atoms with E-state index in [0.717, 1.165) is 43.0 Å². The lowest BCUT2D eigenvalue weighted by Gasteiger charge is -2.43. The second-order valence-corrected chi connectivity index (χ2v) is 6.75. The molecule has 1 aliphatic heterocycles. The molecule has 2 fully saturated rings. The molecule has 3 heterocycles. The zero-order chi connectivity index (χ0) is 15.8. The molecule has 0 radical (unpaired) electrons. The molecule has 0 bridgehead atoms. The number of nitrogens with zero attached hydrogens (tertiary/aromatic N) is 3. The molecule has 1 aliphatic carbocycles. The van der Waals surface area contributed by atoms with E-state index in [9.17, 15) is 4.79 Å². The Bertz CT molecular complexity index is 768. The Labute approximate surface area is 135 Å². The molecule has 2 aromatic heterocycles. The standard InChI is InChI=1S/C18H23N3O2/c1-13-6-7-17-19-14(10-18(22)21(17)11-13)12-20-8-9-23-16-5-3-2-4-15(16)20/h6-7,10-11,15-16H,2-5,8-9,12H2,1H3. The minimum absolute atomic E-state index is 0.00199. The van der Waals surface area contributed by atoms with Crippen LogP contribution >= 0.6 is 0 Å². The van der Waals surface area contributed by atoms with Gasteiger partial charge in [0.05, 0.1) is 18.4 Å². The van der Waals surface area contributed by atoms with E-state index < -0.39 is 0 Å². The molecule has 0 spiro atoms. The Balaban J connectivity index is 1.62. The Morgan fingerprint density at radius 1 is 1.30 bits per heavy atom. The summed E-state index contributed by atoms with van der Waals surface area (Å²) in [5.74, 6) is 0. The van der Waals surface area contributed by atoms with Crippen LogP contribution in [0, 0.1) is 6.92 Å². The molecule has 4 rings (SSSR count). The molecule has 0 aromatic carbocycles. The number of fused-ring (bicyclic) bond motifs is 2. The molecule has 1 saturated carbocycles. The van der Waals surface area contributed by atoms with Crippen LogP contribution in [0.5, 0.6) is 0 Å². The summed E-state index contributed by atoms with van der Waals surface area (Å²) >= 11 is 0. The van der Waals surface area contributed by atoms with Crippen molar-refractivity contribution in [3.8, 4) is 0 Å². The van der Waals surface area contributed by atoms with Crippen LogP contribution in [0.2, 0.25) is 0 Å². The van der Waals surface area contributed by atoms with Gasteiger partial charge < -0.3 is 4.74 Å². The number of aromatic nitrogens is 2. The van der Waals surface area contributed by atoms with Crippen LogP contribution < -0.4 is 5.56 Å². The van der Waals surface area contributed by atoms with Crippen molar-refractivity contribution in [1.82, 2.24) is 14.3 Å². The lowest BCUT2D eigenvalue weighted by atomic mass is 9.90. The molecule has 2 atom stereocenters. The first-order valence-electron chi connectivity index (χ1n) is 8.55.